The van der Waals surface area contributed by atoms with Crippen molar-refractivity contribution in [2.24, 2.45) is 11.7 Å². The molecule has 19 heavy (non-hydrogen) atoms. The zero-order chi connectivity index (χ0) is 13.3. The number of benzene rings is 1. The Morgan fingerprint density at radius 1 is 1.21 bits per heavy atom. The van der Waals surface area contributed by atoms with E-state index in [1.807, 2.05) is 45.0 Å². The first-order valence-corrected chi connectivity index (χ1v) is 6.59. The van der Waals surface area contributed by atoms with Gasteiger partial charge in [-0.2, -0.15) is 0 Å². The van der Waals surface area contributed by atoms with Crippen molar-refractivity contribution < 1.29 is 9.84 Å². The molecule has 1 aliphatic rings. The first-order valence-electron chi connectivity index (χ1n) is 6.59. The molecule has 0 amide bonds. The van der Waals surface area contributed by atoms with Crippen molar-refractivity contribution >= 4 is 12.4 Å². The molecule has 0 spiro atoms. The summed E-state index contributed by atoms with van der Waals surface area (Å²) in [4.78, 5) is 0. The van der Waals surface area contributed by atoms with Crippen molar-refractivity contribution in [2.75, 3.05) is 0 Å². The van der Waals surface area contributed by atoms with Crippen LogP contribution in [0, 0.1) is 5.92 Å². The van der Waals surface area contributed by atoms with Crippen LogP contribution in [0.4, 0.5) is 0 Å². The molecule has 2 rings (SSSR count). The van der Waals surface area contributed by atoms with Crippen molar-refractivity contribution in [1.29, 1.82) is 0 Å². The average molecular weight is 286 g/mol. The Labute approximate surface area is 121 Å². The number of halogens is 1. The van der Waals surface area contributed by atoms with E-state index in [-0.39, 0.29) is 24.0 Å². The van der Waals surface area contributed by atoms with Crippen LogP contribution in [-0.4, -0.2) is 16.8 Å². The molecular weight excluding hydrogens is 262 g/mol. The lowest BCUT2D eigenvalue weighted by molar-refractivity contribution is 0.121. The number of aliphatic hydroxyl groups is 1. The van der Waals surface area contributed by atoms with Gasteiger partial charge in [0.25, 0.3) is 0 Å². The summed E-state index contributed by atoms with van der Waals surface area (Å²) < 4.78 is 5.75. The maximum Gasteiger partial charge on any atom is 0.120 e. The van der Waals surface area contributed by atoms with E-state index in [2.05, 4.69) is 0 Å². The summed E-state index contributed by atoms with van der Waals surface area (Å²) in [6.07, 6.45) is 1.78. The molecule has 3 nitrogen and oxygen atoms in total. The number of rotatable bonds is 4. The fourth-order valence-corrected chi connectivity index (χ4v) is 2.04. The SMILES string of the molecule is CC(C)(C)Oc1ccc([C@@H](N)[C@@H](O)C2CC2)cc1.Cl. The highest BCUT2D eigenvalue weighted by Crippen LogP contribution is 2.37. The van der Waals surface area contributed by atoms with Crippen molar-refractivity contribution in [3.05, 3.63) is 29.8 Å². The van der Waals surface area contributed by atoms with E-state index in [9.17, 15) is 5.11 Å². The quantitative estimate of drug-likeness (QED) is 0.894. The van der Waals surface area contributed by atoms with E-state index < -0.39 is 6.10 Å². The van der Waals surface area contributed by atoms with Crippen LogP contribution in [-0.2, 0) is 0 Å². The van der Waals surface area contributed by atoms with Gasteiger partial charge in [-0.15, -0.1) is 12.4 Å². The number of hydrogen-bond donors (Lipinski definition) is 2. The highest BCUT2D eigenvalue weighted by Gasteiger charge is 2.34. The Balaban J connectivity index is 0.00000180. The molecule has 1 fully saturated rings. The molecule has 0 radical (unpaired) electrons. The summed E-state index contributed by atoms with van der Waals surface area (Å²) in [6, 6.07) is 7.43. The van der Waals surface area contributed by atoms with Crippen LogP contribution in [0.1, 0.15) is 45.2 Å². The van der Waals surface area contributed by atoms with Crippen LogP contribution in [0.5, 0.6) is 5.75 Å². The second-order valence-electron chi connectivity index (χ2n) is 6.14. The second-order valence-corrected chi connectivity index (χ2v) is 6.14. The molecular formula is C15H24ClNO2. The average Bonchev–Trinajstić information content (AvgIpc) is 3.10. The third-order valence-electron chi connectivity index (χ3n) is 3.16. The molecule has 1 aromatic rings. The molecule has 1 saturated carbocycles. The molecule has 3 N–H and O–H groups in total. The molecule has 0 saturated heterocycles. The lowest BCUT2D eigenvalue weighted by Gasteiger charge is -2.22. The van der Waals surface area contributed by atoms with Gasteiger partial charge in [0.2, 0.25) is 0 Å². The Morgan fingerprint density at radius 2 is 1.74 bits per heavy atom. The first kappa shape index (κ1) is 16.3. The summed E-state index contributed by atoms with van der Waals surface area (Å²) in [5, 5.41) is 10.0. The van der Waals surface area contributed by atoms with E-state index in [4.69, 9.17) is 10.5 Å². The zero-order valence-electron chi connectivity index (χ0n) is 11.8. The van der Waals surface area contributed by atoms with Crippen molar-refractivity contribution in [3.63, 3.8) is 0 Å². The predicted octanol–water partition coefficient (Wildman–Crippen LogP) is 3.06. The second kappa shape index (κ2) is 6.12. The minimum atomic E-state index is -0.417. The van der Waals surface area contributed by atoms with Crippen LogP contribution < -0.4 is 10.5 Å². The van der Waals surface area contributed by atoms with Gasteiger partial charge in [-0.25, -0.2) is 0 Å². The Hall–Kier alpha value is -0.770. The van der Waals surface area contributed by atoms with Gasteiger partial charge in [0.1, 0.15) is 11.4 Å². The molecule has 108 valence electrons. The fraction of sp³-hybridized carbons (Fsp3) is 0.600. The van der Waals surface area contributed by atoms with Crippen LogP contribution in [0.3, 0.4) is 0 Å². The van der Waals surface area contributed by atoms with Crippen molar-refractivity contribution in [2.45, 2.75) is 51.4 Å². The monoisotopic (exact) mass is 285 g/mol. The summed E-state index contributed by atoms with van der Waals surface area (Å²) in [7, 11) is 0. The molecule has 0 aromatic heterocycles. The van der Waals surface area contributed by atoms with E-state index in [1.54, 1.807) is 0 Å². The molecule has 1 aromatic carbocycles. The molecule has 2 atom stereocenters. The highest BCUT2D eigenvalue weighted by molar-refractivity contribution is 5.85. The van der Waals surface area contributed by atoms with Gasteiger partial charge in [-0.05, 0) is 57.2 Å². The van der Waals surface area contributed by atoms with Gasteiger partial charge in [-0.3, -0.25) is 0 Å². The van der Waals surface area contributed by atoms with Crippen LogP contribution >= 0.6 is 12.4 Å². The molecule has 0 aliphatic heterocycles. The first-order chi connectivity index (χ1) is 8.37. The van der Waals surface area contributed by atoms with Crippen LogP contribution in [0.2, 0.25) is 0 Å². The molecule has 0 heterocycles. The number of hydrogen-bond acceptors (Lipinski definition) is 3. The maximum absolute atomic E-state index is 10.0. The Morgan fingerprint density at radius 3 is 2.16 bits per heavy atom. The third-order valence-corrected chi connectivity index (χ3v) is 3.16. The normalized spacial score (nSPS) is 18.4. The number of aliphatic hydroxyl groups excluding tert-OH is 1. The van der Waals surface area contributed by atoms with Crippen molar-refractivity contribution in [3.8, 4) is 5.75 Å². The van der Waals surface area contributed by atoms with Gasteiger partial charge < -0.3 is 15.6 Å². The summed E-state index contributed by atoms with van der Waals surface area (Å²) in [5.74, 6) is 1.23. The predicted molar refractivity (Wildman–Crippen MR) is 79.7 cm³/mol. The third kappa shape index (κ3) is 4.68. The fourth-order valence-electron chi connectivity index (χ4n) is 2.04. The topological polar surface area (TPSA) is 55.5 Å². The minimum Gasteiger partial charge on any atom is -0.488 e. The Kier molecular flexibility index (Phi) is 5.25. The Bertz CT molecular complexity index is 396. The maximum atomic E-state index is 10.0. The van der Waals surface area contributed by atoms with Crippen molar-refractivity contribution in [1.82, 2.24) is 0 Å². The van der Waals surface area contributed by atoms with E-state index >= 15 is 0 Å². The van der Waals surface area contributed by atoms with Crippen LogP contribution in [0.15, 0.2) is 24.3 Å². The standard InChI is InChI=1S/C15H23NO2.ClH/c1-15(2,3)18-12-8-6-10(7-9-12)13(16)14(17)11-4-5-11;/h6-9,11,13-14,17H,4-5,16H2,1-3H3;1H/t13-,14+;/m1./s1. The molecule has 0 bridgehead atoms. The highest BCUT2D eigenvalue weighted by atomic mass is 35.5. The zero-order valence-corrected chi connectivity index (χ0v) is 12.6. The largest absolute Gasteiger partial charge is 0.488 e. The molecule has 0 unspecified atom stereocenters. The number of ether oxygens (including phenoxy) is 1. The lowest BCUT2D eigenvalue weighted by Crippen LogP contribution is -2.28. The van der Waals surface area contributed by atoms with E-state index in [0.29, 0.717) is 5.92 Å². The lowest BCUT2D eigenvalue weighted by atomic mass is 9.99. The van der Waals surface area contributed by atoms with E-state index in [0.717, 1.165) is 24.2 Å². The summed E-state index contributed by atoms with van der Waals surface area (Å²) in [6.45, 7) is 6.05. The summed E-state index contributed by atoms with van der Waals surface area (Å²) in [5.41, 5.74) is 6.84. The molecule has 1 aliphatic carbocycles. The number of nitrogens with two attached hydrogens (primary N) is 1. The minimum absolute atomic E-state index is 0. The van der Waals surface area contributed by atoms with Gasteiger partial charge in [0, 0.05) is 0 Å². The van der Waals surface area contributed by atoms with Crippen LogP contribution in [0.25, 0.3) is 0 Å². The molecule has 4 heteroatoms. The van der Waals surface area contributed by atoms with Gasteiger partial charge >= 0.3 is 0 Å². The van der Waals surface area contributed by atoms with Gasteiger partial charge in [0.05, 0.1) is 12.1 Å². The summed E-state index contributed by atoms with van der Waals surface area (Å²) >= 11 is 0. The van der Waals surface area contributed by atoms with Gasteiger partial charge in [-0.1, -0.05) is 12.1 Å². The van der Waals surface area contributed by atoms with Gasteiger partial charge in [0.15, 0.2) is 0 Å². The van der Waals surface area contributed by atoms with E-state index in [1.165, 1.54) is 0 Å². The smallest absolute Gasteiger partial charge is 0.120 e.